The van der Waals surface area contributed by atoms with Gasteiger partial charge in [0.15, 0.2) is 0 Å². The Kier molecular flexibility index (Phi) is 6.49. The number of piperidine rings is 1. The van der Waals surface area contributed by atoms with Gasteiger partial charge in [0.1, 0.15) is 0 Å². The molecule has 1 atom stereocenters. The fourth-order valence-corrected chi connectivity index (χ4v) is 4.98. The number of aryl methyl sites for hydroxylation is 1. The number of ether oxygens (including phenoxy) is 1. The van der Waals surface area contributed by atoms with Crippen molar-refractivity contribution >= 4 is 16.0 Å². The number of sulfonamides is 1. The Hall–Kier alpha value is -2.52. The lowest BCUT2D eigenvalue weighted by atomic mass is 10.0. The van der Waals surface area contributed by atoms with Gasteiger partial charge in [-0.15, -0.1) is 0 Å². The number of benzene rings is 1. The zero-order valence-electron chi connectivity index (χ0n) is 16.6. The molecule has 9 heteroatoms. The number of rotatable bonds is 6. The maximum Gasteiger partial charge on any atom is 0.310 e. The maximum atomic E-state index is 13.0. The third-order valence-corrected chi connectivity index (χ3v) is 6.85. The van der Waals surface area contributed by atoms with Gasteiger partial charge in [0.05, 0.1) is 23.1 Å². The van der Waals surface area contributed by atoms with E-state index in [9.17, 15) is 18.0 Å². The number of esters is 1. The molecule has 0 amide bonds. The molecule has 1 fully saturated rings. The van der Waals surface area contributed by atoms with E-state index in [1.54, 1.807) is 44.2 Å². The Labute approximate surface area is 169 Å². The molecule has 0 radical (unpaired) electrons. The first-order valence-corrected chi connectivity index (χ1v) is 11.1. The van der Waals surface area contributed by atoms with Gasteiger partial charge in [-0.3, -0.25) is 9.59 Å². The van der Waals surface area contributed by atoms with E-state index in [2.05, 4.69) is 10.2 Å². The number of hydrogen-bond acceptors (Lipinski definition) is 6. The number of nitrogens with zero attached hydrogens (tertiary/aromatic N) is 2. The zero-order chi connectivity index (χ0) is 21.0. The molecule has 2 heterocycles. The number of carbonyl (C=O) groups is 1. The van der Waals surface area contributed by atoms with Crippen molar-refractivity contribution in [2.45, 2.75) is 38.0 Å². The second-order valence-electron chi connectivity index (χ2n) is 7.14. The quantitative estimate of drug-likeness (QED) is 0.713. The van der Waals surface area contributed by atoms with Gasteiger partial charge in [0.25, 0.3) is 5.56 Å². The molecule has 1 saturated heterocycles. The van der Waals surface area contributed by atoms with Crippen LogP contribution in [0.5, 0.6) is 0 Å². The van der Waals surface area contributed by atoms with Gasteiger partial charge in [-0.1, -0.05) is 12.1 Å². The van der Waals surface area contributed by atoms with Crippen LogP contribution in [0.2, 0.25) is 0 Å². The summed E-state index contributed by atoms with van der Waals surface area (Å²) in [6.45, 7) is 4.32. The molecule has 8 nitrogen and oxygen atoms in total. The number of aromatic nitrogens is 2. The first-order chi connectivity index (χ1) is 13.8. The molecule has 156 valence electrons. The van der Waals surface area contributed by atoms with Gasteiger partial charge in [-0.2, -0.15) is 9.40 Å². The minimum Gasteiger partial charge on any atom is -0.466 e. The predicted molar refractivity (Wildman–Crippen MR) is 107 cm³/mol. The van der Waals surface area contributed by atoms with E-state index in [0.717, 1.165) is 5.56 Å². The fraction of sp³-hybridized carbons (Fsp3) is 0.450. The van der Waals surface area contributed by atoms with E-state index in [1.807, 2.05) is 0 Å². The minimum atomic E-state index is -3.70. The summed E-state index contributed by atoms with van der Waals surface area (Å²) in [6, 6.07) is 8.21. The minimum absolute atomic E-state index is 0.134. The number of H-pyrrole nitrogens is 1. The topological polar surface area (TPSA) is 109 Å². The average Bonchev–Trinajstić information content (AvgIpc) is 2.71. The van der Waals surface area contributed by atoms with Crippen molar-refractivity contribution in [3.8, 4) is 0 Å². The zero-order valence-corrected chi connectivity index (χ0v) is 17.4. The highest BCUT2D eigenvalue weighted by molar-refractivity contribution is 7.89. The maximum absolute atomic E-state index is 13.0. The summed E-state index contributed by atoms with van der Waals surface area (Å²) in [7, 11) is -3.70. The summed E-state index contributed by atoms with van der Waals surface area (Å²) in [5.41, 5.74) is 1.84. The molecule has 0 unspecified atom stereocenters. The molecule has 0 saturated carbocycles. The lowest BCUT2D eigenvalue weighted by Gasteiger charge is -2.30. The molecule has 0 bridgehead atoms. The number of aromatic amines is 1. The van der Waals surface area contributed by atoms with Crippen LogP contribution in [0.1, 0.15) is 36.6 Å². The molecule has 1 aromatic carbocycles. The van der Waals surface area contributed by atoms with Crippen molar-refractivity contribution in [3.05, 3.63) is 57.5 Å². The van der Waals surface area contributed by atoms with Gasteiger partial charge in [0, 0.05) is 25.1 Å². The highest BCUT2D eigenvalue weighted by Gasteiger charge is 2.33. The average molecular weight is 420 g/mol. The summed E-state index contributed by atoms with van der Waals surface area (Å²) in [4.78, 5) is 24.1. The number of hydrogen-bond donors (Lipinski definition) is 1. The third-order valence-electron chi connectivity index (χ3n) is 4.97. The second-order valence-corrected chi connectivity index (χ2v) is 9.08. The Morgan fingerprint density at radius 1 is 1.31 bits per heavy atom. The van der Waals surface area contributed by atoms with Crippen LogP contribution in [-0.4, -0.2) is 48.6 Å². The molecule has 1 aliphatic rings. The molecular formula is C20H25N3O5S. The summed E-state index contributed by atoms with van der Waals surface area (Å²) in [5.74, 6) is -0.778. The van der Waals surface area contributed by atoms with E-state index in [1.165, 1.54) is 4.31 Å². The Balaban J connectivity index is 1.75. The smallest absolute Gasteiger partial charge is 0.310 e. The first-order valence-electron chi connectivity index (χ1n) is 9.62. The monoisotopic (exact) mass is 419 g/mol. The molecule has 1 aliphatic heterocycles. The molecule has 1 aromatic heterocycles. The van der Waals surface area contributed by atoms with Crippen molar-refractivity contribution in [2.75, 3.05) is 19.7 Å². The summed E-state index contributed by atoms with van der Waals surface area (Å²) < 4.78 is 32.4. The number of carbonyl (C=O) groups excluding carboxylic acids is 1. The van der Waals surface area contributed by atoms with Crippen molar-refractivity contribution in [3.63, 3.8) is 0 Å². The second kappa shape index (κ2) is 8.87. The van der Waals surface area contributed by atoms with Crippen LogP contribution in [0.3, 0.4) is 0 Å². The van der Waals surface area contributed by atoms with Gasteiger partial charge < -0.3 is 4.74 Å². The molecule has 2 aromatic rings. The van der Waals surface area contributed by atoms with E-state index >= 15 is 0 Å². The van der Waals surface area contributed by atoms with Crippen LogP contribution in [0.4, 0.5) is 0 Å². The summed E-state index contributed by atoms with van der Waals surface area (Å²) >= 11 is 0. The van der Waals surface area contributed by atoms with Gasteiger partial charge in [-0.05, 0) is 50.5 Å². The standard InChI is InChI=1S/C20H25N3O5S/c1-3-28-20(25)16-5-4-10-23(13-16)29(26,27)18-8-6-15(7-9-18)12-17-11-14(2)21-22-19(17)24/h6-9,11,16H,3-5,10,12-13H2,1-2H3,(H,22,24)/t16-/m0/s1. The first kappa shape index (κ1) is 21.2. The van der Waals surface area contributed by atoms with E-state index < -0.39 is 15.9 Å². The fourth-order valence-electron chi connectivity index (χ4n) is 3.45. The lowest BCUT2D eigenvalue weighted by molar-refractivity contribution is -0.149. The Morgan fingerprint density at radius 3 is 2.72 bits per heavy atom. The van der Waals surface area contributed by atoms with Crippen molar-refractivity contribution in [1.82, 2.24) is 14.5 Å². The SMILES string of the molecule is CCOC(=O)[C@H]1CCCN(S(=O)(=O)c2ccc(Cc3cc(C)n[nH]c3=O)cc2)C1. The van der Waals surface area contributed by atoms with Crippen LogP contribution in [0, 0.1) is 12.8 Å². The third kappa shape index (κ3) is 4.91. The highest BCUT2D eigenvalue weighted by atomic mass is 32.2. The number of nitrogens with one attached hydrogen (secondary N) is 1. The summed E-state index contributed by atoms with van der Waals surface area (Å²) in [6.07, 6.45) is 1.63. The molecule has 1 N–H and O–H groups in total. The van der Waals surface area contributed by atoms with Crippen LogP contribution >= 0.6 is 0 Å². The molecule has 29 heavy (non-hydrogen) atoms. The van der Waals surface area contributed by atoms with Crippen LogP contribution < -0.4 is 5.56 Å². The highest BCUT2D eigenvalue weighted by Crippen LogP contribution is 2.25. The Morgan fingerprint density at radius 2 is 2.03 bits per heavy atom. The largest absolute Gasteiger partial charge is 0.466 e. The normalized spacial score (nSPS) is 17.8. The summed E-state index contributed by atoms with van der Waals surface area (Å²) in [5, 5.41) is 6.30. The van der Waals surface area contributed by atoms with Crippen molar-refractivity contribution < 1.29 is 17.9 Å². The van der Waals surface area contributed by atoms with Crippen molar-refractivity contribution in [2.24, 2.45) is 5.92 Å². The van der Waals surface area contributed by atoms with Crippen LogP contribution in [0.25, 0.3) is 0 Å². The van der Waals surface area contributed by atoms with Crippen LogP contribution in [0.15, 0.2) is 40.0 Å². The van der Waals surface area contributed by atoms with E-state index in [0.29, 0.717) is 37.1 Å². The van der Waals surface area contributed by atoms with Crippen molar-refractivity contribution in [1.29, 1.82) is 0 Å². The van der Waals surface area contributed by atoms with Gasteiger partial charge >= 0.3 is 5.97 Å². The Bertz CT molecular complexity index is 1030. The van der Waals surface area contributed by atoms with Gasteiger partial charge in [0.2, 0.25) is 10.0 Å². The molecular weight excluding hydrogens is 394 g/mol. The molecule has 3 rings (SSSR count). The molecule has 0 aliphatic carbocycles. The van der Waals surface area contributed by atoms with Crippen LogP contribution in [-0.2, 0) is 26.0 Å². The van der Waals surface area contributed by atoms with Gasteiger partial charge in [-0.25, -0.2) is 13.5 Å². The van der Waals surface area contributed by atoms with E-state index in [-0.39, 0.29) is 29.6 Å². The van der Waals surface area contributed by atoms with E-state index in [4.69, 9.17) is 4.74 Å². The predicted octanol–water partition coefficient (Wildman–Crippen LogP) is 1.63. The molecule has 0 spiro atoms. The lowest BCUT2D eigenvalue weighted by Crippen LogP contribution is -2.42.